The van der Waals surface area contributed by atoms with E-state index in [1.807, 2.05) is 0 Å². The number of aromatic amines is 1. The van der Waals surface area contributed by atoms with Gasteiger partial charge in [-0.3, -0.25) is 9.89 Å². The van der Waals surface area contributed by atoms with Crippen molar-refractivity contribution in [1.29, 1.82) is 0 Å². The number of carbonyl (C=O) groups excluding carboxylic acids is 1. The number of rotatable bonds is 3. The van der Waals surface area contributed by atoms with E-state index in [0.717, 1.165) is 25.9 Å². The van der Waals surface area contributed by atoms with E-state index in [-0.39, 0.29) is 17.9 Å². The van der Waals surface area contributed by atoms with Crippen LogP contribution in [0.4, 0.5) is 5.95 Å². The van der Waals surface area contributed by atoms with Crippen molar-refractivity contribution in [3.05, 3.63) is 22.1 Å². The average Bonchev–Trinajstić information content (AvgIpc) is 2.94. The van der Waals surface area contributed by atoms with Crippen molar-refractivity contribution >= 4 is 17.7 Å². The Bertz CT molecular complexity index is 714. The molecule has 0 saturated carbocycles. The molecule has 0 bridgehead atoms. The highest BCUT2D eigenvalue weighted by molar-refractivity contribution is 5.88. The number of piperidine rings is 1. The number of nitrogens with zero attached hydrogens (tertiary/aromatic N) is 4. The molecule has 2 aromatic rings. The number of carbonyl (C=O) groups is 1. The first kappa shape index (κ1) is 13.6. The zero-order valence-electron chi connectivity index (χ0n) is 11.8. The largest absolute Gasteiger partial charge is 0.462 e. The fourth-order valence-electron chi connectivity index (χ4n) is 2.44. The van der Waals surface area contributed by atoms with Crippen molar-refractivity contribution in [3.63, 3.8) is 0 Å². The standard InChI is InChI=1S/C13H17N5O3/c1-2-21-11(20)9-8-14-12-15-13(16-18(12)10(9)19)17-6-4-3-5-7-17/h8H,2-7H2,1H3,(H,14,15,16). The molecule has 1 aliphatic heterocycles. The van der Waals surface area contributed by atoms with Gasteiger partial charge in [-0.25, -0.2) is 9.78 Å². The van der Waals surface area contributed by atoms with Gasteiger partial charge < -0.3 is 9.64 Å². The molecule has 112 valence electrons. The van der Waals surface area contributed by atoms with Gasteiger partial charge in [0.15, 0.2) is 0 Å². The summed E-state index contributed by atoms with van der Waals surface area (Å²) < 4.78 is 6.03. The van der Waals surface area contributed by atoms with Crippen LogP contribution in [0.25, 0.3) is 5.78 Å². The summed E-state index contributed by atoms with van der Waals surface area (Å²) in [6.45, 7) is 3.70. The van der Waals surface area contributed by atoms with Crippen LogP contribution in [0.1, 0.15) is 36.5 Å². The lowest BCUT2D eigenvalue weighted by molar-refractivity contribution is 0.0523. The minimum absolute atomic E-state index is 0.0943. The molecule has 0 amide bonds. The Balaban J connectivity index is 1.99. The van der Waals surface area contributed by atoms with Gasteiger partial charge in [0.05, 0.1) is 12.8 Å². The van der Waals surface area contributed by atoms with Crippen molar-refractivity contribution in [1.82, 2.24) is 19.6 Å². The number of ether oxygens (including phenoxy) is 1. The summed E-state index contributed by atoms with van der Waals surface area (Å²) in [4.78, 5) is 34.4. The zero-order chi connectivity index (χ0) is 14.8. The lowest BCUT2D eigenvalue weighted by atomic mass is 10.1. The van der Waals surface area contributed by atoms with Gasteiger partial charge in [-0.05, 0) is 26.2 Å². The molecule has 0 atom stereocenters. The molecule has 8 heteroatoms. The number of aromatic nitrogens is 4. The highest BCUT2D eigenvalue weighted by Crippen LogP contribution is 2.15. The van der Waals surface area contributed by atoms with Crippen molar-refractivity contribution < 1.29 is 9.53 Å². The smallest absolute Gasteiger partial charge is 0.345 e. The van der Waals surface area contributed by atoms with Gasteiger partial charge in [-0.15, -0.1) is 0 Å². The molecule has 8 nitrogen and oxygen atoms in total. The van der Waals surface area contributed by atoms with Crippen LogP contribution in [0.2, 0.25) is 0 Å². The number of fused-ring (bicyclic) bond motifs is 1. The molecule has 2 aromatic heterocycles. The average molecular weight is 291 g/mol. The first-order valence-electron chi connectivity index (χ1n) is 7.10. The Morgan fingerprint density at radius 2 is 2.14 bits per heavy atom. The van der Waals surface area contributed by atoms with E-state index in [2.05, 4.69) is 20.0 Å². The third-order valence-corrected chi connectivity index (χ3v) is 3.51. The van der Waals surface area contributed by atoms with Crippen molar-refractivity contribution in [3.8, 4) is 0 Å². The molecule has 0 unspecified atom stereocenters. The Kier molecular flexibility index (Phi) is 3.59. The fraction of sp³-hybridized carbons (Fsp3) is 0.538. The number of esters is 1. The van der Waals surface area contributed by atoms with E-state index in [1.54, 1.807) is 6.92 Å². The second-order valence-electron chi connectivity index (χ2n) is 4.93. The Morgan fingerprint density at radius 1 is 1.38 bits per heavy atom. The molecule has 1 fully saturated rings. The van der Waals surface area contributed by atoms with E-state index in [1.165, 1.54) is 17.1 Å². The van der Waals surface area contributed by atoms with Gasteiger partial charge >= 0.3 is 5.97 Å². The van der Waals surface area contributed by atoms with Gasteiger partial charge in [0.2, 0.25) is 5.95 Å². The van der Waals surface area contributed by atoms with Gasteiger partial charge in [0.1, 0.15) is 5.56 Å². The summed E-state index contributed by atoms with van der Waals surface area (Å²) in [6.07, 6.45) is 4.64. The maximum Gasteiger partial charge on any atom is 0.345 e. The number of hydrogen-bond acceptors (Lipinski definition) is 6. The number of anilines is 1. The summed E-state index contributed by atoms with van der Waals surface area (Å²) >= 11 is 0. The summed E-state index contributed by atoms with van der Waals surface area (Å²) in [7, 11) is 0. The molecule has 1 aliphatic rings. The molecular formula is C13H17N5O3. The van der Waals surface area contributed by atoms with Crippen LogP contribution in [0.3, 0.4) is 0 Å². The van der Waals surface area contributed by atoms with Gasteiger partial charge in [-0.1, -0.05) is 0 Å². The molecule has 21 heavy (non-hydrogen) atoms. The first-order valence-corrected chi connectivity index (χ1v) is 7.10. The molecule has 0 aromatic carbocycles. The minimum Gasteiger partial charge on any atom is -0.462 e. The highest BCUT2D eigenvalue weighted by atomic mass is 16.5. The monoisotopic (exact) mass is 291 g/mol. The van der Waals surface area contributed by atoms with Gasteiger partial charge in [0, 0.05) is 13.1 Å². The molecule has 1 N–H and O–H groups in total. The lowest BCUT2D eigenvalue weighted by Gasteiger charge is -2.25. The van der Waals surface area contributed by atoms with Crippen molar-refractivity contribution in [2.24, 2.45) is 0 Å². The van der Waals surface area contributed by atoms with Crippen LogP contribution >= 0.6 is 0 Å². The molecule has 0 spiro atoms. The van der Waals surface area contributed by atoms with E-state index in [9.17, 15) is 9.59 Å². The predicted octanol–water partition coefficient (Wildman–Crippen LogP) is 0.585. The third kappa shape index (κ3) is 2.48. The Labute approximate surface area is 120 Å². The predicted molar refractivity (Wildman–Crippen MR) is 75.6 cm³/mol. The minimum atomic E-state index is -0.668. The summed E-state index contributed by atoms with van der Waals surface area (Å²) in [5.74, 6) is 0.201. The number of H-pyrrole nitrogens is 1. The molecule has 1 saturated heterocycles. The van der Waals surface area contributed by atoms with Gasteiger partial charge in [-0.2, -0.15) is 9.50 Å². The van der Waals surface area contributed by atoms with Crippen molar-refractivity contribution in [2.75, 3.05) is 24.6 Å². The molecular weight excluding hydrogens is 274 g/mol. The van der Waals surface area contributed by atoms with E-state index in [4.69, 9.17) is 4.74 Å². The Morgan fingerprint density at radius 3 is 2.86 bits per heavy atom. The maximum atomic E-state index is 12.3. The highest BCUT2D eigenvalue weighted by Gasteiger charge is 2.19. The second kappa shape index (κ2) is 5.55. The SMILES string of the molecule is CCOC(=O)c1cnc2nc(N3CCCCC3)[nH]n2c1=O. The van der Waals surface area contributed by atoms with E-state index < -0.39 is 11.5 Å². The van der Waals surface area contributed by atoms with Crippen LogP contribution in [-0.2, 0) is 4.74 Å². The van der Waals surface area contributed by atoms with Crippen molar-refractivity contribution in [2.45, 2.75) is 26.2 Å². The lowest BCUT2D eigenvalue weighted by Crippen LogP contribution is -2.30. The van der Waals surface area contributed by atoms with Gasteiger partial charge in [0.25, 0.3) is 11.3 Å². The van der Waals surface area contributed by atoms with Crippen LogP contribution < -0.4 is 10.5 Å². The van der Waals surface area contributed by atoms with Crippen LogP contribution in [-0.4, -0.2) is 45.2 Å². The van der Waals surface area contributed by atoms with Crippen LogP contribution in [0.15, 0.2) is 11.0 Å². The van der Waals surface area contributed by atoms with Crippen LogP contribution in [0.5, 0.6) is 0 Å². The zero-order valence-corrected chi connectivity index (χ0v) is 11.8. The molecule has 0 aliphatic carbocycles. The third-order valence-electron chi connectivity index (χ3n) is 3.51. The van der Waals surface area contributed by atoms with E-state index >= 15 is 0 Å². The number of hydrogen-bond donors (Lipinski definition) is 1. The number of nitrogens with one attached hydrogen (secondary N) is 1. The maximum absolute atomic E-state index is 12.3. The Hall–Kier alpha value is -2.38. The topological polar surface area (TPSA) is 92.6 Å². The summed E-state index contributed by atoms with van der Waals surface area (Å²) in [6, 6.07) is 0. The summed E-state index contributed by atoms with van der Waals surface area (Å²) in [5.41, 5.74) is -0.586. The quantitative estimate of drug-likeness (QED) is 0.832. The fourth-order valence-corrected chi connectivity index (χ4v) is 2.44. The first-order chi connectivity index (χ1) is 10.2. The van der Waals surface area contributed by atoms with Crippen LogP contribution in [0, 0.1) is 0 Å². The van der Waals surface area contributed by atoms with E-state index in [0.29, 0.717) is 5.95 Å². The second-order valence-corrected chi connectivity index (χ2v) is 4.93. The molecule has 3 rings (SSSR count). The normalized spacial score (nSPS) is 15.4. The summed E-state index contributed by atoms with van der Waals surface area (Å²) in [5, 5.41) is 2.92. The molecule has 3 heterocycles. The molecule has 0 radical (unpaired) electrons.